The summed E-state index contributed by atoms with van der Waals surface area (Å²) in [4.78, 5) is 0. The molecule has 3 heteroatoms. The van der Waals surface area contributed by atoms with E-state index in [1.54, 1.807) is 0 Å². The van der Waals surface area contributed by atoms with Crippen molar-refractivity contribution >= 4 is 0 Å². The van der Waals surface area contributed by atoms with Gasteiger partial charge in [0, 0.05) is 25.2 Å². The number of benzene rings is 1. The van der Waals surface area contributed by atoms with E-state index in [0.717, 1.165) is 25.2 Å². The van der Waals surface area contributed by atoms with Gasteiger partial charge in [0.1, 0.15) is 0 Å². The van der Waals surface area contributed by atoms with E-state index in [4.69, 9.17) is 0 Å². The fraction of sp³-hybridized carbons (Fsp3) is 0.438. The molecule has 0 bridgehead atoms. The highest BCUT2D eigenvalue weighted by Gasteiger charge is 2.14. The molecule has 3 nitrogen and oxygen atoms in total. The largest absolute Gasteiger partial charge is 0.316 e. The van der Waals surface area contributed by atoms with Gasteiger partial charge in [-0.15, -0.1) is 0 Å². The molecule has 0 amide bonds. The number of hydrogen-bond acceptors (Lipinski definition) is 2. The third-order valence-corrected chi connectivity index (χ3v) is 3.47. The van der Waals surface area contributed by atoms with Crippen LogP contribution in [-0.4, -0.2) is 22.9 Å². The van der Waals surface area contributed by atoms with Crippen LogP contribution in [0.3, 0.4) is 0 Å². The Bertz CT molecular complexity index is 502. The second-order valence-corrected chi connectivity index (χ2v) is 5.02. The highest BCUT2D eigenvalue weighted by molar-refractivity contribution is 5.23. The molecule has 1 aromatic carbocycles. The Morgan fingerprint density at radius 3 is 2.58 bits per heavy atom. The molecule has 0 aliphatic rings. The van der Waals surface area contributed by atoms with Crippen LogP contribution in [0.25, 0.3) is 0 Å². The van der Waals surface area contributed by atoms with Crippen molar-refractivity contribution < 1.29 is 0 Å². The molecule has 0 aliphatic heterocycles. The van der Waals surface area contributed by atoms with E-state index in [0.29, 0.717) is 5.92 Å². The molecule has 0 fully saturated rings. The quantitative estimate of drug-likeness (QED) is 0.862. The highest BCUT2D eigenvalue weighted by atomic mass is 15.3. The van der Waals surface area contributed by atoms with Crippen LogP contribution >= 0.6 is 0 Å². The minimum atomic E-state index is 0.496. The van der Waals surface area contributed by atoms with Gasteiger partial charge in [-0.25, -0.2) is 0 Å². The molecule has 0 radical (unpaired) electrons. The molecule has 0 spiro atoms. The van der Waals surface area contributed by atoms with Crippen molar-refractivity contribution in [3.8, 4) is 0 Å². The van der Waals surface area contributed by atoms with E-state index in [1.807, 2.05) is 18.7 Å². The second-order valence-electron chi connectivity index (χ2n) is 5.02. The van der Waals surface area contributed by atoms with Gasteiger partial charge in [-0.3, -0.25) is 4.68 Å². The zero-order valence-electron chi connectivity index (χ0n) is 12.1. The normalized spacial score (nSPS) is 12.6. The van der Waals surface area contributed by atoms with Gasteiger partial charge < -0.3 is 5.32 Å². The summed E-state index contributed by atoms with van der Waals surface area (Å²) in [5, 5.41) is 7.90. The summed E-state index contributed by atoms with van der Waals surface area (Å²) >= 11 is 0. The van der Waals surface area contributed by atoms with Crippen LogP contribution in [0.1, 0.15) is 29.8 Å². The summed E-state index contributed by atoms with van der Waals surface area (Å²) in [6, 6.07) is 12.9. The summed E-state index contributed by atoms with van der Waals surface area (Å²) in [7, 11) is 2.03. The smallest absolute Gasteiger partial charge is 0.0596 e. The van der Waals surface area contributed by atoms with Crippen molar-refractivity contribution in [1.29, 1.82) is 0 Å². The summed E-state index contributed by atoms with van der Waals surface area (Å²) in [6.07, 6.45) is 1.02. The zero-order chi connectivity index (χ0) is 13.7. The number of aromatic nitrogens is 2. The number of likely N-dealkylation sites (N-methyl/N-ethyl adjacent to an activating group) is 1. The second kappa shape index (κ2) is 6.53. The van der Waals surface area contributed by atoms with Crippen LogP contribution in [0, 0.1) is 6.92 Å². The molecule has 1 heterocycles. The van der Waals surface area contributed by atoms with Crippen molar-refractivity contribution in [3.05, 3.63) is 53.3 Å². The first-order chi connectivity index (χ1) is 9.20. The van der Waals surface area contributed by atoms with Crippen LogP contribution in [0.5, 0.6) is 0 Å². The first kappa shape index (κ1) is 13.8. The van der Waals surface area contributed by atoms with E-state index in [2.05, 4.69) is 53.7 Å². The van der Waals surface area contributed by atoms with Crippen LogP contribution in [0.15, 0.2) is 36.4 Å². The molecule has 2 rings (SSSR count). The van der Waals surface area contributed by atoms with E-state index >= 15 is 0 Å². The molecule has 2 aromatic rings. The maximum absolute atomic E-state index is 4.43. The maximum Gasteiger partial charge on any atom is 0.0596 e. The van der Waals surface area contributed by atoms with Gasteiger partial charge in [0.15, 0.2) is 0 Å². The average Bonchev–Trinajstić information content (AvgIpc) is 2.73. The van der Waals surface area contributed by atoms with Crippen LogP contribution in [-0.2, 0) is 13.5 Å². The lowest BCUT2D eigenvalue weighted by Gasteiger charge is -2.18. The van der Waals surface area contributed by atoms with E-state index < -0.39 is 0 Å². The monoisotopic (exact) mass is 257 g/mol. The fourth-order valence-electron chi connectivity index (χ4n) is 2.46. The number of nitrogens with one attached hydrogen (secondary N) is 1. The molecule has 0 saturated heterocycles. The van der Waals surface area contributed by atoms with Crippen LogP contribution < -0.4 is 5.32 Å². The van der Waals surface area contributed by atoms with Gasteiger partial charge in [-0.05, 0) is 31.5 Å². The van der Waals surface area contributed by atoms with Crippen LogP contribution in [0.4, 0.5) is 0 Å². The molecular formula is C16H23N3. The Morgan fingerprint density at radius 1 is 1.26 bits per heavy atom. The highest BCUT2D eigenvalue weighted by Crippen LogP contribution is 2.20. The number of nitrogens with zero attached hydrogens (tertiary/aromatic N) is 2. The van der Waals surface area contributed by atoms with Gasteiger partial charge in [0.2, 0.25) is 0 Å². The molecule has 102 valence electrons. The summed E-state index contributed by atoms with van der Waals surface area (Å²) in [6.45, 7) is 6.21. The number of hydrogen-bond donors (Lipinski definition) is 1. The van der Waals surface area contributed by atoms with Gasteiger partial charge in [-0.1, -0.05) is 37.3 Å². The molecule has 0 aliphatic carbocycles. The van der Waals surface area contributed by atoms with E-state index in [-0.39, 0.29) is 0 Å². The fourth-order valence-corrected chi connectivity index (χ4v) is 2.46. The molecule has 1 unspecified atom stereocenters. The number of aryl methyl sites for hydroxylation is 2. The average molecular weight is 257 g/mol. The van der Waals surface area contributed by atoms with Gasteiger partial charge in [0.05, 0.1) is 5.69 Å². The van der Waals surface area contributed by atoms with Gasteiger partial charge in [0.25, 0.3) is 0 Å². The Kier molecular flexibility index (Phi) is 4.74. The van der Waals surface area contributed by atoms with Crippen molar-refractivity contribution in [2.24, 2.45) is 7.05 Å². The Balaban J connectivity index is 2.16. The van der Waals surface area contributed by atoms with Crippen molar-refractivity contribution in [1.82, 2.24) is 15.1 Å². The predicted molar refractivity (Wildman–Crippen MR) is 79.4 cm³/mol. The third kappa shape index (κ3) is 3.67. The maximum atomic E-state index is 4.43. The molecular weight excluding hydrogens is 234 g/mol. The molecule has 1 N–H and O–H groups in total. The minimum absolute atomic E-state index is 0.496. The summed E-state index contributed by atoms with van der Waals surface area (Å²) in [5.41, 5.74) is 3.78. The Hall–Kier alpha value is -1.61. The van der Waals surface area contributed by atoms with Crippen LogP contribution in [0.2, 0.25) is 0 Å². The molecule has 1 aromatic heterocycles. The predicted octanol–water partition coefficient (Wildman–Crippen LogP) is 2.66. The molecule has 0 saturated carbocycles. The first-order valence-electron chi connectivity index (χ1n) is 6.96. The lowest BCUT2D eigenvalue weighted by Crippen LogP contribution is -2.23. The number of rotatable bonds is 6. The van der Waals surface area contributed by atoms with E-state index in [1.165, 1.54) is 11.3 Å². The van der Waals surface area contributed by atoms with Gasteiger partial charge in [-0.2, -0.15) is 5.10 Å². The topological polar surface area (TPSA) is 29.9 Å². The molecule has 1 atom stereocenters. The molecule has 19 heavy (non-hydrogen) atoms. The Morgan fingerprint density at radius 2 is 2.00 bits per heavy atom. The third-order valence-electron chi connectivity index (χ3n) is 3.47. The van der Waals surface area contributed by atoms with Crippen molar-refractivity contribution in [2.75, 3.05) is 13.1 Å². The minimum Gasteiger partial charge on any atom is -0.316 e. The lowest BCUT2D eigenvalue weighted by molar-refractivity contribution is 0.570. The van der Waals surface area contributed by atoms with E-state index in [9.17, 15) is 0 Å². The standard InChI is InChI=1S/C16H23N3/c1-4-17-12-15(14-8-6-5-7-9-14)11-16-10-13(2)18-19(16)3/h5-10,15,17H,4,11-12H2,1-3H3. The lowest BCUT2D eigenvalue weighted by atomic mass is 9.94. The first-order valence-corrected chi connectivity index (χ1v) is 6.96. The summed E-state index contributed by atoms with van der Waals surface area (Å²) in [5.74, 6) is 0.496. The van der Waals surface area contributed by atoms with Gasteiger partial charge >= 0.3 is 0 Å². The summed E-state index contributed by atoms with van der Waals surface area (Å²) < 4.78 is 2.00. The van der Waals surface area contributed by atoms with Crippen molar-refractivity contribution in [3.63, 3.8) is 0 Å². The SMILES string of the molecule is CCNCC(Cc1cc(C)nn1C)c1ccccc1. The van der Waals surface area contributed by atoms with Crippen molar-refractivity contribution in [2.45, 2.75) is 26.2 Å². The zero-order valence-corrected chi connectivity index (χ0v) is 12.1. The Labute approximate surface area is 115 Å².